The first-order valence-electron chi connectivity index (χ1n) is 5.96. The zero-order valence-electron chi connectivity index (χ0n) is 10.7. The van der Waals surface area contributed by atoms with E-state index in [0.717, 1.165) is 18.2 Å². The summed E-state index contributed by atoms with van der Waals surface area (Å²) in [4.78, 5) is 35.4. The van der Waals surface area contributed by atoms with Gasteiger partial charge in [0.2, 0.25) is 5.91 Å². The second-order valence-corrected chi connectivity index (χ2v) is 4.65. The Kier molecular flexibility index (Phi) is 3.69. The molecule has 1 unspecified atom stereocenters. The standard InChI is InChI=1S/C13H13FN2O4/c1-16-6-8(5-11(16)17)15-12(18)9-3-2-7(13(19)20)4-10(9)14/h2-4,8H,5-6H2,1H3,(H,15,18)(H,19,20). The van der Waals surface area contributed by atoms with Crippen LogP contribution in [-0.4, -0.2) is 47.4 Å². The van der Waals surface area contributed by atoms with E-state index in [-0.39, 0.29) is 29.5 Å². The van der Waals surface area contributed by atoms with Gasteiger partial charge >= 0.3 is 5.97 Å². The van der Waals surface area contributed by atoms with Crippen LogP contribution in [0.5, 0.6) is 0 Å². The van der Waals surface area contributed by atoms with Gasteiger partial charge in [-0.25, -0.2) is 9.18 Å². The number of benzene rings is 1. The van der Waals surface area contributed by atoms with Crippen LogP contribution in [0.2, 0.25) is 0 Å². The highest BCUT2D eigenvalue weighted by Crippen LogP contribution is 2.13. The fourth-order valence-electron chi connectivity index (χ4n) is 2.06. The molecule has 1 saturated heterocycles. The number of hydrogen-bond donors (Lipinski definition) is 2. The Balaban J connectivity index is 2.10. The third kappa shape index (κ3) is 2.76. The molecule has 0 saturated carbocycles. The van der Waals surface area contributed by atoms with Crippen molar-refractivity contribution in [2.24, 2.45) is 0 Å². The van der Waals surface area contributed by atoms with Crippen molar-refractivity contribution in [3.63, 3.8) is 0 Å². The van der Waals surface area contributed by atoms with Gasteiger partial charge < -0.3 is 15.3 Å². The van der Waals surface area contributed by atoms with Crippen LogP contribution in [0.3, 0.4) is 0 Å². The van der Waals surface area contributed by atoms with Crippen molar-refractivity contribution in [1.82, 2.24) is 10.2 Å². The van der Waals surface area contributed by atoms with E-state index in [1.54, 1.807) is 7.05 Å². The van der Waals surface area contributed by atoms with Crippen LogP contribution in [0.1, 0.15) is 27.1 Å². The number of halogens is 1. The predicted molar refractivity (Wildman–Crippen MR) is 66.9 cm³/mol. The van der Waals surface area contributed by atoms with Crippen LogP contribution < -0.4 is 5.32 Å². The first kappa shape index (κ1) is 14.0. The third-order valence-corrected chi connectivity index (χ3v) is 3.14. The normalized spacial score (nSPS) is 18.2. The van der Waals surface area contributed by atoms with Crippen molar-refractivity contribution in [3.8, 4) is 0 Å². The number of amides is 2. The maximum atomic E-state index is 13.7. The summed E-state index contributed by atoms with van der Waals surface area (Å²) in [6.07, 6.45) is 0.178. The number of nitrogens with zero attached hydrogens (tertiary/aromatic N) is 1. The minimum absolute atomic E-state index is 0.0861. The van der Waals surface area contributed by atoms with Gasteiger partial charge in [0.15, 0.2) is 0 Å². The van der Waals surface area contributed by atoms with Gasteiger partial charge in [-0.3, -0.25) is 9.59 Å². The minimum atomic E-state index is -1.26. The lowest BCUT2D eigenvalue weighted by Crippen LogP contribution is -2.36. The van der Waals surface area contributed by atoms with Crippen LogP contribution >= 0.6 is 0 Å². The number of hydrogen-bond acceptors (Lipinski definition) is 3. The number of rotatable bonds is 3. The topological polar surface area (TPSA) is 86.7 Å². The van der Waals surface area contributed by atoms with Crippen molar-refractivity contribution in [2.75, 3.05) is 13.6 Å². The van der Waals surface area contributed by atoms with E-state index >= 15 is 0 Å². The largest absolute Gasteiger partial charge is 0.478 e. The number of carboxylic acid groups (broad SMARTS) is 1. The highest BCUT2D eigenvalue weighted by Gasteiger charge is 2.28. The summed E-state index contributed by atoms with van der Waals surface area (Å²) >= 11 is 0. The molecule has 7 heteroatoms. The van der Waals surface area contributed by atoms with Gasteiger partial charge in [0.1, 0.15) is 5.82 Å². The van der Waals surface area contributed by atoms with Crippen molar-refractivity contribution >= 4 is 17.8 Å². The molecule has 2 amide bonds. The van der Waals surface area contributed by atoms with Crippen molar-refractivity contribution < 1.29 is 23.9 Å². The zero-order valence-corrected chi connectivity index (χ0v) is 10.7. The summed E-state index contributed by atoms with van der Waals surface area (Å²) in [6, 6.07) is 2.71. The molecule has 1 aliphatic rings. The maximum absolute atomic E-state index is 13.7. The molecular weight excluding hydrogens is 267 g/mol. The van der Waals surface area contributed by atoms with Gasteiger partial charge in [-0.15, -0.1) is 0 Å². The molecule has 1 aliphatic heterocycles. The SMILES string of the molecule is CN1CC(NC(=O)c2ccc(C(=O)O)cc2F)CC1=O. The molecule has 1 aromatic carbocycles. The predicted octanol–water partition coefficient (Wildman–Crippen LogP) is 0.484. The molecule has 0 spiro atoms. The molecular formula is C13H13FN2O4. The highest BCUT2D eigenvalue weighted by molar-refractivity contribution is 5.96. The molecule has 0 aromatic heterocycles. The fraction of sp³-hybridized carbons (Fsp3) is 0.308. The number of likely N-dealkylation sites (tertiary alicyclic amines) is 1. The number of likely N-dealkylation sites (N-methyl/N-ethyl adjacent to an activating group) is 1. The van der Waals surface area contributed by atoms with Crippen LogP contribution in [0.4, 0.5) is 4.39 Å². The van der Waals surface area contributed by atoms with Crippen molar-refractivity contribution in [3.05, 3.63) is 35.1 Å². The maximum Gasteiger partial charge on any atom is 0.335 e. The van der Waals surface area contributed by atoms with E-state index in [2.05, 4.69) is 5.32 Å². The summed E-state index contributed by atoms with van der Waals surface area (Å²) in [7, 11) is 1.62. The number of aromatic carboxylic acids is 1. The Labute approximate surface area is 114 Å². The summed E-state index contributed by atoms with van der Waals surface area (Å²) in [5.41, 5.74) is -0.466. The molecule has 6 nitrogen and oxygen atoms in total. The van der Waals surface area contributed by atoms with E-state index < -0.39 is 17.7 Å². The first-order chi connectivity index (χ1) is 9.38. The molecule has 106 valence electrons. The Morgan fingerprint density at radius 1 is 1.45 bits per heavy atom. The molecule has 0 aliphatic carbocycles. The molecule has 20 heavy (non-hydrogen) atoms. The lowest BCUT2D eigenvalue weighted by Gasteiger charge is -2.12. The lowest BCUT2D eigenvalue weighted by molar-refractivity contribution is -0.126. The van der Waals surface area contributed by atoms with E-state index in [4.69, 9.17) is 5.11 Å². The van der Waals surface area contributed by atoms with Gasteiger partial charge in [0.05, 0.1) is 17.2 Å². The summed E-state index contributed by atoms with van der Waals surface area (Å²) in [5.74, 6) is -2.91. The molecule has 0 radical (unpaired) electrons. The van der Waals surface area contributed by atoms with E-state index in [9.17, 15) is 18.8 Å². The second kappa shape index (κ2) is 5.28. The van der Waals surface area contributed by atoms with E-state index in [1.165, 1.54) is 4.90 Å². The molecule has 2 N–H and O–H groups in total. The van der Waals surface area contributed by atoms with E-state index in [1.807, 2.05) is 0 Å². The van der Waals surface area contributed by atoms with Crippen LogP contribution in [-0.2, 0) is 4.79 Å². The zero-order chi connectivity index (χ0) is 14.9. The van der Waals surface area contributed by atoms with Gasteiger partial charge in [-0.1, -0.05) is 0 Å². The summed E-state index contributed by atoms with van der Waals surface area (Å²) in [6.45, 7) is 0.374. The first-order valence-corrected chi connectivity index (χ1v) is 5.96. The quantitative estimate of drug-likeness (QED) is 0.843. The van der Waals surface area contributed by atoms with Crippen molar-refractivity contribution in [2.45, 2.75) is 12.5 Å². The number of carboxylic acids is 1. The number of carbonyl (C=O) groups is 3. The van der Waals surface area contributed by atoms with Gasteiger partial charge in [0.25, 0.3) is 5.91 Å². The lowest BCUT2D eigenvalue weighted by atomic mass is 10.1. The Morgan fingerprint density at radius 3 is 2.65 bits per heavy atom. The minimum Gasteiger partial charge on any atom is -0.478 e. The second-order valence-electron chi connectivity index (χ2n) is 4.65. The summed E-state index contributed by atoms with van der Waals surface area (Å²) in [5, 5.41) is 11.3. The molecule has 0 bridgehead atoms. The molecule has 1 aromatic rings. The third-order valence-electron chi connectivity index (χ3n) is 3.14. The van der Waals surface area contributed by atoms with Crippen molar-refractivity contribution in [1.29, 1.82) is 0 Å². The number of carbonyl (C=O) groups excluding carboxylic acids is 2. The van der Waals surface area contributed by atoms with Crippen LogP contribution in [0, 0.1) is 5.82 Å². The van der Waals surface area contributed by atoms with Crippen LogP contribution in [0.25, 0.3) is 0 Å². The average Bonchev–Trinajstić information content (AvgIpc) is 2.67. The van der Waals surface area contributed by atoms with Gasteiger partial charge in [-0.2, -0.15) is 0 Å². The summed E-state index contributed by atoms with van der Waals surface area (Å²) < 4.78 is 13.7. The smallest absolute Gasteiger partial charge is 0.335 e. The van der Waals surface area contributed by atoms with Gasteiger partial charge in [-0.05, 0) is 18.2 Å². The molecule has 1 heterocycles. The highest BCUT2D eigenvalue weighted by atomic mass is 19.1. The Bertz CT molecular complexity index is 588. The fourth-order valence-corrected chi connectivity index (χ4v) is 2.06. The average molecular weight is 280 g/mol. The number of nitrogens with one attached hydrogen (secondary N) is 1. The Morgan fingerprint density at radius 2 is 2.15 bits per heavy atom. The Hall–Kier alpha value is -2.44. The molecule has 2 rings (SSSR count). The van der Waals surface area contributed by atoms with Gasteiger partial charge in [0, 0.05) is 20.0 Å². The molecule has 1 atom stereocenters. The van der Waals surface area contributed by atoms with E-state index in [0.29, 0.717) is 6.54 Å². The molecule has 1 fully saturated rings. The van der Waals surface area contributed by atoms with Crippen LogP contribution in [0.15, 0.2) is 18.2 Å². The monoisotopic (exact) mass is 280 g/mol.